The summed E-state index contributed by atoms with van der Waals surface area (Å²) in [5.74, 6) is -0.163. The first-order valence-corrected chi connectivity index (χ1v) is 11.2. The van der Waals surface area contributed by atoms with Gasteiger partial charge in [-0.05, 0) is 42.7 Å². The van der Waals surface area contributed by atoms with Crippen molar-refractivity contribution in [2.45, 2.75) is 30.8 Å². The summed E-state index contributed by atoms with van der Waals surface area (Å²) in [5, 5.41) is 6.14. The van der Waals surface area contributed by atoms with Gasteiger partial charge in [0.25, 0.3) is 5.91 Å². The van der Waals surface area contributed by atoms with E-state index in [1.54, 1.807) is 29.7 Å². The van der Waals surface area contributed by atoms with Crippen molar-refractivity contribution in [3.05, 3.63) is 70.2 Å². The van der Waals surface area contributed by atoms with Crippen LogP contribution in [-0.2, 0) is 16.0 Å². The Balaban J connectivity index is 1.30. The van der Waals surface area contributed by atoms with Gasteiger partial charge in [0.2, 0.25) is 11.8 Å². The average molecular weight is 444 g/mol. The van der Waals surface area contributed by atoms with Crippen molar-refractivity contribution < 1.29 is 14.4 Å². The van der Waals surface area contributed by atoms with Crippen LogP contribution in [0.25, 0.3) is 0 Å². The largest absolute Gasteiger partial charge is 0.354 e. The molecular weight excluding hydrogens is 422 g/mol. The number of nitrogens with one attached hydrogen (secondary N) is 2. The summed E-state index contributed by atoms with van der Waals surface area (Å²) in [7, 11) is 0. The Morgan fingerprint density at radius 2 is 1.93 bits per heavy atom. The predicted octanol–water partition coefficient (Wildman–Crippen LogP) is 2.77. The minimum Gasteiger partial charge on any atom is -0.354 e. The number of hydrogen-bond acceptors (Lipinski definition) is 4. The average Bonchev–Trinajstić information content (AvgIpc) is 3.30. The molecule has 6 nitrogen and oxygen atoms in total. The van der Waals surface area contributed by atoms with Gasteiger partial charge in [-0.3, -0.25) is 14.4 Å². The van der Waals surface area contributed by atoms with E-state index >= 15 is 0 Å². The summed E-state index contributed by atoms with van der Waals surface area (Å²) in [4.78, 5) is 39.6. The molecule has 0 aromatic heterocycles. The van der Waals surface area contributed by atoms with Gasteiger partial charge in [-0.25, -0.2) is 0 Å². The second-order valence-electron chi connectivity index (χ2n) is 7.40. The van der Waals surface area contributed by atoms with E-state index in [1.165, 1.54) is 0 Å². The topological polar surface area (TPSA) is 78.5 Å². The maximum absolute atomic E-state index is 12.8. The molecule has 2 N–H and O–H groups in total. The number of carbonyl (C=O) groups is 3. The number of halogens is 1. The second-order valence-corrected chi connectivity index (χ2v) is 8.95. The third-order valence-electron chi connectivity index (χ3n) is 5.37. The highest BCUT2D eigenvalue weighted by Crippen LogP contribution is 2.48. The lowest BCUT2D eigenvalue weighted by molar-refractivity contribution is -0.130. The van der Waals surface area contributed by atoms with Gasteiger partial charge in [0.1, 0.15) is 17.5 Å². The van der Waals surface area contributed by atoms with Crippen molar-refractivity contribution in [3.63, 3.8) is 0 Å². The molecule has 3 amide bonds. The Hall–Kier alpha value is -2.51. The highest BCUT2D eigenvalue weighted by atomic mass is 35.5. The molecule has 3 atom stereocenters. The molecule has 0 aliphatic carbocycles. The van der Waals surface area contributed by atoms with Crippen molar-refractivity contribution in [3.8, 4) is 0 Å². The molecule has 1 saturated heterocycles. The summed E-state index contributed by atoms with van der Waals surface area (Å²) in [5.41, 5.74) is 2.67. The summed E-state index contributed by atoms with van der Waals surface area (Å²) in [6.07, 6.45) is 0.672. The van der Waals surface area contributed by atoms with Gasteiger partial charge >= 0.3 is 0 Å². The zero-order valence-corrected chi connectivity index (χ0v) is 18.0. The van der Waals surface area contributed by atoms with Crippen LogP contribution in [0.3, 0.4) is 0 Å². The molecule has 2 heterocycles. The van der Waals surface area contributed by atoms with Crippen LogP contribution in [0.2, 0.25) is 5.02 Å². The number of carbonyl (C=O) groups excluding carboxylic acids is 3. The number of nitrogens with zero attached hydrogens (tertiary/aromatic N) is 1. The van der Waals surface area contributed by atoms with E-state index in [4.69, 9.17) is 11.6 Å². The molecule has 156 valence electrons. The summed E-state index contributed by atoms with van der Waals surface area (Å²) in [6, 6.07) is 13.6. The standard InChI is InChI=1S/C22H22ClN3O3S/c1-13(19(27)24-11-10-14-6-8-15(23)9-7-14)25-20(28)18-12-30-22-17-5-3-2-4-16(17)21(29)26(18)22/h2-9,13,18,22H,10-12H2,1H3,(H,24,27)(H,25,28). The number of amides is 3. The van der Waals surface area contributed by atoms with Crippen molar-refractivity contribution >= 4 is 41.1 Å². The maximum Gasteiger partial charge on any atom is 0.256 e. The van der Waals surface area contributed by atoms with E-state index in [-0.39, 0.29) is 23.1 Å². The van der Waals surface area contributed by atoms with Crippen molar-refractivity contribution in [1.82, 2.24) is 15.5 Å². The molecule has 0 bridgehead atoms. The molecule has 30 heavy (non-hydrogen) atoms. The van der Waals surface area contributed by atoms with E-state index < -0.39 is 12.1 Å². The quantitative estimate of drug-likeness (QED) is 0.719. The van der Waals surface area contributed by atoms with E-state index in [2.05, 4.69) is 10.6 Å². The Kier molecular flexibility index (Phi) is 6.01. The van der Waals surface area contributed by atoms with Crippen LogP contribution in [0.5, 0.6) is 0 Å². The van der Waals surface area contributed by atoms with E-state index in [0.717, 1.165) is 11.1 Å². The number of thioether (sulfide) groups is 1. The Bertz CT molecular complexity index is 982. The van der Waals surface area contributed by atoms with E-state index in [9.17, 15) is 14.4 Å². The molecule has 2 aromatic carbocycles. The normalized spacial score (nSPS) is 20.5. The first kappa shape index (κ1) is 20.8. The van der Waals surface area contributed by atoms with Crippen LogP contribution >= 0.6 is 23.4 Å². The number of rotatable bonds is 6. The van der Waals surface area contributed by atoms with Gasteiger partial charge in [0, 0.05) is 22.9 Å². The molecular formula is C22H22ClN3O3S. The maximum atomic E-state index is 12.8. The van der Waals surface area contributed by atoms with Gasteiger partial charge in [0.15, 0.2) is 0 Å². The molecule has 2 aliphatic heterocycles. The summed E-state index contributed by atoms with van der Waals surface area (Å²) >= 11 is 7.45. The van der Waals surface area contributed by atoms with Gasteiger partial charge in [0.05, 0.1) is 0 Å². The fourth-order valence-electron chi connectivity index (χ4n) is 3.75. The lowest BCUT2D eigenvalue weighted by Crippen LogP contribution is -2.52. The van der Waals surface area contributed by atoms with Gasteiger partial charge in [-0.1, -0.05) is 41.9 Å². The lowest BCUT2D eigenvalue weighted by Gasteiger charge is -2.24. The SMILES string of the molecule is CC(NC(=O)C1CSC2c3ccccc3C(=O)N12)C(=O)NCCc1ccc(Cl)cc1. The Morgan fingerprint density at radius 1 is 1.20 bits per heavy atom. The zero-order valence-electron chi connectivity index (χ0n) is 16.4. The zero-order chi connectivity index (χ0) is 21.3. The summed E-state index contributed by atoms with van der Waals surface area (Å²) < 4.78 is 0. The minimum absolute atomic E-state index is 0.124. The molecule has 1 fully saturated rings. The number of benzene rings is 2. The minimum atomic E-state index is -0.688. The van der Waals surface area contributed by atoms with Crippen LogP contribution in [0, 0.1) is 0 Å². The monoisotopic (exact) mass is 443 g/mol. The number of fused-ring (bicyclic) bond motifs is 3. The Morgan fingerprint density at radius 3 is 2.70 bits per heavy atom. The second kappa shape index (κ2) is 8.70. The van der Waals surface area contributed by atoms with E-state index in [0.29, 0.717) is 29.3 Å². The van der Waals surface area contributed by atoms with Crippen LogP contribution in [0.1, 0.15) is 33.8 Å². The first-order valence-electron chi connectivity index (χ1n) is 9.81. The van der Waals surface area contributed by atoms with Crippen molar-refractivity contribution in [1.29, 1.82) is 0 Å². The molecule has 2 aromatic rings. The summed E-state index contributed by atoms with van der Waals surface area (Å²) in [6.45, 7) is 2.11. The van der Waals surface area contributed by atoms with Gasteiger partial charge < -0.3 is 15.5 Å². The lowest BCUT2D eigenvalue weighted by atomic mass is 10.1. The van der Waals surface area contributed by atoms with Crippen molar-refractivity contribution in [2.24, 2.45) is 0 Å². The molecule has 4 rings (SSSR count). The highest BCUT2D eigenvalue weighted by Gasteiger charge is 2.48. The molecule has 0 radical (unpaired) electrons. The van der Waals surface area contributed by atoms with Crippen LogP contribution < -0.4 is 10.6 Å². The molecule has 0 saturated carbocycles. The van der Waals surface area contributed by atoms with Crippen LogP contribution in [0.4, 0.5) is 0 Å². The van der Waals surface area contributed by atoms with Crippen molar-refractivity contribution in [2.75, 3.05) is 12.3 Å². The van der Waals surface area contributed by atoms with Gasteiger partial charge in [-0.2, -0.15) is 0 Å². The highest BCUT2D eigenvalue weighted by molar-refractivity contribution is 7.99. The smallest absolute Gasteiger partial charge is 0.256 e. The molecule has 8 heteroatoms. The molecule has 3 unspecified atom stereocenters. The Labute approximate surface area is 184 Å². The predicted molar refractivity (Wildman–Crippen MR) is 117 cm³/mol. The van der Waals surface area contributed by atoms with Gasteiger partial charge in [-0.15, -0.1) is 11.8 Å². The fourth-order valence-corrected chi connectivity index (χ4v) is 5.34. The first-order chi connectivity index (χ1) is 14.5. The van der Waals surface area contributed by atoms with E-state index in [1.807, 2.05) is 42.5 Å². The number of hydrogen-bond donors (Lipinski definition) is 2. The van der Waals surface area contributed by atoms with Crippen LogP contribution in [-0.4, -0.2) is 47.0 Å². The fraction of sp³-hybridized carbons (Fsp3) is 0.318. The third-order valence-corrected chi connectivity index (χ3v) is 6.93. The molecule has 2 aliphatic rings. The molecule has 0 spiro atoms. The van der Waals surface area contributed by atoms with Crippen LogP contribution in [0.15, 0.2) is 48.5 Å². The third kappa shape index (κ3) is 4.04.